The zero-order valence-electron chi connectivity index (χ0n) is 20.6. The minimum Gasteiger partial charge on any atom is -0.303 e. The molecule has 4 amide bonds. The van der Waals surface area contributed by atoms with Gasteiger partial charge >= 0.3 is 0 Å². The third kappa shape index (κ3) is 3.83. The molecule has 0 N–H and O–H groups in total. The molecule has 2 saturated heterocycles. The standard InChI is InChI=1S/C28H32N4O4/c33-25-19-7-9-21-24-22(28(36)32(27(21)35)18-6-16-30-13-3-4-14-30)10-8-20(23(19)24)26(34)31(25)17-5-15-29-11-1-2-12-29/h7-10H,1-6,11-18H2. The average molecular weight is 489 g/mol. The highest BCUT2D eigenvalue weighted by Crippen LogP contribution is 2.38. The van der Waals surface area contributed by atoms with E-state index in [1.807, 2.05) is 0 Å². The average Bonchev–Trinajstić information content (AvgIpc) is 3.60. The molecule has 4 heterocycles. The minimum atomic E-state index is -0.342. The Balaban J connectivity index is 1.26. The summed E-state index contributed by atoms with van der Waals surface area (Å²) >= 11 is 0. The lowest BCUT2D eigenvalue weighted by atomic mass is 9.86. The summed E-state index contributed by atoms with van der Waals surface area (Å²) in [6.07, 6.45) is 6.28. The smallest absolute Gasteiger partial charge is 0.261 e. The van der Waals surface area contributed by atoms with Gasteiger partial charge in [0, 0.05) is 46.1 Å². The normalized spacial score (nSPS) is 20.4. The van der Waals surface area contributed by atoms with Crippen LogP contribution in [0, 0.1) is 0 Å². The molecule has 4 aliphatic heterocycles. The molecule has 0 bridgehead atoms. The van der Waals surface area contributed by atoms with Gasteiger partial charge in [-0.3, -0.25) is 29.0 Å². The van der Waals surface area contributed by atoms with E-state index in [9.17, 15) is 19.2 Å². The van der Waals surface area contributed by atoms with Gasteiger partial charge in [0.2, 0.25) is 0 Å². The van der Waals surface area contributed by atoms with Crippen molar-refractivity contribution in [3.05, 3.63) is 46.5 Å². The molecule has 4 aliphatic rings. The van der Waals surface area contributed by atoms with Crippen molar-refractivity contribution in [2.45, 2.75) is 38.5 Å². The predicted molar refractivity (Wildman–Crippen MR) is 135 cm³/mol. The maximum atomic E-state index is 13.4. The second-order valence-electron chi connectivity index (χ2n) is 10.4. The molecule has 36 heavy (non-hydrogen) atoms. The number of hydrogen-bond acceptors (Lipinski definition) is 6. The SMILES string of the molecule is O=C1c2ccc3c4c(ccc(c24)C(=O)N1CCCN1CCCC1)C(=O)N(CCCN1CCCC1)C3=O. The van der Waals surface area contributed by atoms with Crippen molar-refractivity contribution in [3.63, 3.8) is 0 Å². The van der Waals surface area contributed by atoms with Crippen LogP contribution in [-0.2, 0) is 0 Å². The highest BCUT2D eigenvalue weighted by Gasteiger charge is 2.39. The number of imide groups is 2. The first-order valence-corrected chi connectivity index (χ1v) is 13.3. The molecule has 2 aromatic rings. The monoisotopic (exact) mass is 488 g/mol. The van der Waals surface area contributed by atoms with Crippen LogP contribution >= 0.6 is 0 Å². The van der Waals surface area contributed by atoms with Crippen molar-refractivity contribution in [3.8, 4) is 0 Å². The molecule has 0 atom stereocenters. The van der Waals surface area contributed by atoms with Gasteiger partial charge in [0.05, 0.1) is 0 Å². The van der Waals surface area contributed by atoms with E-state index < -0.39 is 0 Å². The van der Waals surface area contributed by atoms with E-state index in [0.29, 0.717) is 46.1 Å². The van der Waals surface area contributed by atoms with Crippen LogP contribution in [-0.4, -0.2) is 95.6 Å². The first-order valence-electron chi connectivity index (χ1n) is 13.3. The molecular formula is C28H32N4O4. The molecular weight excluding hydrogens is 456 g/mol. The third-order valence-corrected chi connectivity index (χ3v) is 8.17. The van der Waals surface area contributed by atoms with Crippen LogP contribution in [0.25, 0.3) is 10.8 Å². The van der Waals surface area contributed by atoms with Crippen molar-refractivity contribution in [1.29, 1.82) is 0 Å². The summed E-state index contributed by atoms with van der Waals surface area (Å²) in [7, 11) is 0. The largest absolute Gasteiger partial charge is 0.303 e. The van der Waals surface area contributed by atoms with Gasteiger partial charge in [0.15, 0.2) is 0 Å². The fourth-order valence-electron chi connectivity index (χ4n) is 6.30. The Bertz CT molecular complexity index is 1090. The van der Waals surface area contributed by atoms with Crippen LogP contribution in [0.15, 0.2) is 24.3 Å². The van der Waals surface area contributed by atoms with Crippen molar-refractivity contribution < 1.29 is 19.2 Å². The third-order valence-electron chi connectivity index (χ3n) is 8.17. The number of benzene rings is 2. The lowest BCUT2D eigenvalue weighted by molar-refractivity contribution is 0.0583. The second kappa shape index (κ2) is 9.41. The van der Waals surface area contributed by atoms with Crippen LogP contribution in [0.2, 0.25) is 0 Å². The molecule has 2 aromatic carbocycles. The molecule has 0 spiro atoms. The van der Waals surface area contributed by atoms with Crippen LogP contribution in [0.3, 0.4) is 0 Å². The molecule has 0 aliphatic carbocycles. The summed E-state index contributed by atoms with van der Waals surface area (Å²) in [4.78, 5) is 60.9. The fraction of sp³-hybridized carbons (Fsp3) is 0.500. The molecule has 0 radical (unpaired) electrons. The van der Waals surface area contributed by atoms with Gasteiger partial charge < -0.3 is 9.80 Å². The van der Waals surface area contributed by atoms with Gasteiger partial charge in [-0.2, -0.15) is 0 Å². The van der Waals surface area contributed by atoms with Gasteiger partial charge in [-0.25, -0.2) is 0 Å². The first kappa shape index (κ1) is 23.3. The summed E-state index contributed by atoms with van der Waals surface area (Å²) in [5.74, 6) is -1.37. The molecule has 8 nitrogen and oxygen atoms in total. The summed E-state index contributed by atoms with van der Waals surface area (Å²) in [6.45, 7) is 6.77. The summed E-state index contributed by atoms with van der Waals surface area (Å²) in [5.41, 5.74) is 1.59. The van der Waals surface area contributed by atoms with E-state index >= 15 is 0 Å². The molecule has 2 fully saturated rings. The second-order valence-corrected chi connectivity index (χ2v) is 10.4. The summed E-state index contributed by atoms with van der Waals surface area (Å²) < 4.78 is 0. The first-order chi connectivity index (χ1) is 17.5. The maximum Gasteiger partial charge on any atom is 0.261 e. The minimum absolute atomic E-state index is 0.342. The lowest BCUT2D eigenvalue weighted by Gasteiger charge is -2.32. The molecule has 0 unspecified atom stereocenters. The maximum absolute atomic E-state index is 13.4. The Morgan fingerprint density at radius 1 is 0.472 bits per heavy atom. The van der Waals surface area contributed by atoms with E-state index in [0.717, 1.165) is 52.1 Å². The lowest BCUT2D eigenvalue weighted by Crippen LogP contribution is -2.44. The summed E-state index contributed by atoms with van der Waals surface area (Å²) in [5, 5.41) is 0.906. The fourth-order valence-corrected chi connectivity index (χ4v) is 6.30. The van der Waals surface area contributed by atoms with Gasteiger partial charge in [-0.1, -0.05) is 0 Å². The van der Waals surface area contributed by atoms with Crippen molar-refractivity contribution in [1.82, 2.24) is 19.6 Å². The van der Waals surface area contributed by atoms with Crippen molar-refractivity contribution in [2.24, 2.45) is 0 Å². The van der Waals surface area contributed by atoms with E-state index in [2.05, 4.69) is 9.80 Å². The highest BCUT2D eigenvalue weighted by molar-refractivity contribution is 6.33. The van der Waals surface area contributed by atoms with Crippen molar-refractivity contribution >= 4 is 34.4 Å². The molecule has 188 valence electrons. The quantitative estimate of drug-likeness (QED) is 0.532. The van der Waals surface area contributed by atoms with E-state index in [1.165, 1.54) is 35.5 Å². The van der Waals surface area contributed by atoms with Crippen LogP contribution in [0.4, 0.5) is 0 Å². The molecule has 8 heteroatoms. The van der Waals surface area contributed by atoms with E-state index in [-0.39, 0.29) is 23.6 Å². The number of likely N-dealkylation sites (tertiary alicyclic amines) is 2. The number of rotatable bonds is 8. The predicted octanol–water partition coefficient (Wildman–Crippen LogP) is 3.00. The zero-order chi connectivity index (χ0) is 24.8. The van der Waals surface area contributed by atoms with E-state index in [1.54, 1.807) is 24.3 Å². The zero-order valence-corrected chi connectivity index (χ0v) is 20.6. The highest BCUT2D eigenvalue weighted by atomic mass is 16.2. The van der Waals surface area contributed by atoms with Gasteiger partial charge in [0.1, 0.15) is 0 Å². The number of carbonyl (C=O) groups is 4. The molecule has 0 saturated carbocycles. The molecule has 6 rings (SSSR count). The summed E-state index contributed by atoms with van der Waals surface area (Å²) in [6, 6.07) is 6.62. The Morgan fingerprint density at radius 2 is 0.778 bits per heavy atom. The van der Waals surface area contributed by atoms with Crippen LogP contribution in [0.5, 0.6) is 0 Å². The number of hydrogen-bond donors (Lipinski definition) is 0. The van der Waals surface area contributed by atoms with E-state index in [4.69, 9.17) is 0 Å². The Hall–Kier alpha value is -3.10. The molecule has 0 aromatic heterocycles. The topological polar surface area (TPSA) is 81.2 Å². The Labute approximate surface area is 210 Å². The number of carbonyl (C=O) groups excluding carboxylic acids is 4. The Kier molecular flexibility index (Phi) is 6.09. The van der Waals surface area contributed by atoms with Gasteiger partial charge in [-0.15, -0.1) is 0 Å². The van der Waals surface area contributed by atoms with Crippen LogP contribution in [0.1, 0.15) is 80.0 Å². The van der Waals surface area contributed by atoms with Gasteiger partial charge in [0.25, 0.3) is 23.6 Å². The Morgan fingerprint density at radius 3 is 1.08 bits per heavy atom. The van der Waals surface area contributed by atoms with Crippen molar-refractivity contribution in [2.75, 3.05) is 52.4 Å². The van der Waals surface area contributed by atoms with Gasteiger partial charge in [-0.05, 0) is 102 Å². The number of nitrogens with zero attached hydrogens (tertiary/aromatic N) is 4. The van der Waals surface area contributed by atoms with Crippen LogP contribution < -0.4 is 0 Å². The number of amides is 4.